The average molecular weight is 311 g/mol. The Labute approximate surface area is 131 Å². The highest BCUT2D eigenvalue weighted by Crippen LogP contribution is 2.22. The van der Waals surface area contributed by atoms with Crippen LogP contribution in [0, 0.1) is 5.41 Å². The Hall–Kier alpha value is -1.01. The summed E-state index contributed by atoms with van der Waals surface area (Å²) in [5, 5.41) is 4.32. The summed E-state index contributed by atoms with van der Waals surface area (Å²) < 4.78 is 7.22. The normalized spacial score (nSPS) is 18.8. The quantitative estimate of drug-likeness (QED) is 0.862. The molecule has 21 heavy (non-hydrogen) atoms. The Morgan fingerprint density at radius 3 is 2.76 bits per heavy atom. The van der Waals surface area contributed by atoms with Gasteiger partial charge >= 0.3 is 0 Å². The Morgan fingerprint density at radius 1 is 1.48 bits per heavy atom. The van der Waals surface area contributed by atoms with Gasteiger partial charge in [0.2, 0.25) is 0 Å². The van der Waals surface area contributed by atoms with Crippen molar-refractivity contribution >= 4 is 18.3 Å². The highest BCUT2D eigenvalue weighted by molar-refractivity contribution is 7.80. The van der Waals surface area contributed by atoms with Gasteiger partial charge in [-0.3, -0.25) is 4.79 Å². The first-order valence-electron chi connectivity index (χ1n) is 7.29. The van der Waals surface area contributed by atoms with E-state index in [2.05, 4.69) is 50.3 Å². The fraction of sp³-hybridized carbons (Fsp3) is 0.733. The zero-order chi connectivity index (χ0) is 15.7. The molecular formula is C15H25N3O2S. The molecule has 0 atom stereocenters. The number of morpholine rings is 1. The third-order valence-corrected chi connectivity index (χ3v) is 4.51. The minimum Gasteiger partial charge on any atom is -0.372 e. The van der Waals surface area contributed by atoms with Gasteiger partial charge in [0.1, 0.15) is 0 Å². The molecule has 0 N–H and O–H groups in total. The lowest BCUT2D eigenvalue weighted by molar-refractivity contribution is -0.0277. The lowest BCUT2D eigenvalue weighted by Gasteiger charge is -2.39. The fourth-order valence-electron chi connectivity index (χ4n) is 2.41. The monoisotopic (exact) mass is 311 g/mol. The Balaban J connectivity index is 2.18. The number of aromatic nitrogens is 2. The molecular weight excluding hydrogens is 286 g/mol. The van der Waals surface area contributed by atoms with E-state index in [9.17, 15) is 4.79 Å². The molecule has 0 radical (unpaired) electrons. The summed E-state index contributed by atoms with van der Waals surface area (Å²) in [7, 11) is 0. The van der Waals surface area contributed by atoms with Gasteiger partial charge in [0.25, 0.3) is 5.56 Å². The first-order valence-corrected chi connectivity index (χ1v) is 7.93. The molecule has 1 aliphatic rings. The van der Waals surface area contributed by atoms with E-state index in [0.29, 0.717) is 18.9 Å². The maximum absolute atomic E-state index is 12.3. The Morgan fingerprint density at radius 2 is 2.19 bits per heavy atom. The highest BCUT2D eigenvalue weighted by atomic mass is 32.1. The minimum atomic E-state index is -0.193. The van der Waals surface area contributed by atoms with E-state index < -0.39 is 0 Å². The smallest absolute Gasteiger partial charge is 0.268 e. The molecule has 0 aromatic carbocycles. The summed E-state index contributed by atoms with van der Waals surface area (Å²) in [6, 6.07) is 1.67. The largest absolute Gasteiger partial charge is 0.372 e. The van der Waals surface area contributed by atoms with Gasteiger partial charge in [0.15, 0.2) is 0 Å². The van der Waals surface area contributed by atoms with E-state index in [-0.39, 0.29) is 16.6 Å². The van der Waals surface area contributed by atoms with Gasteiger partial charge in [0.05, 0.1) is 30.6 Å². The molecule has 2 heterocycles. The van der Waals surface area contributed by atoms with Gasteiger partial charge < -0.3 is 9.64 Å². The zero-order valence-electron chi connectivity index (χ0n) is 13.3. The summed E-state index contributed by atoms with van der Waals surface area (Å²) in [4.78, 5) is 14.4. The van der Waals surface area contributed by atoms with Gasteiger partial charge in [-0.2, -0.15) is 17.7 Å². The van der Waals surface area contributed by atoms with Crippen LogP contribution in [0.15, 0.2) is 17.1 Å². The zero-order valence-corrected chi connectivity index (χ0v) is 14.2. The van der Waals surface area contributed by atoms with Crippen LogP contribution in [0.3, 0.4) is 0 Å². The van der Waals surface area contributed by atoms with Gasteiger partial charge in [-0.15, -0.1) is 0 Å². The summed E-state index contributed by atoms with van der Waals surface area (Å²) in [6.07, 6.45) is 1.78. The van der Waals surface area contributed by atoms with Crippen molar-refractivity contribution in [2.45, 2.75) is 39.8 Å². The first kappa shape index (κ1) is 16.4. The number of ether oxygens (including phenoxy) is 1. The molecule has 1 aromatic rings. The molecule has 1 fully saturated rings. The number of thiol groups is 1. The van der Waals surface area contributed by atoms with Crippen LogP contribution < -0.4 is 10.5 Å². The Bertz CT molecular complexity index is 554. The number of hydrogen-bond donors (Lipinski definition) is 1. The lowest BCUT2D eigenvalue weighted by Crippen LogP contribution is -2.48. The maximum Gasteiger partial charge on any atom is 0.268 e. The maximum atomic E-state index is 12.3. The van der Waals surface area contributed by atoms with Crippen molar-refractivity contribution in [1.29, 1.82) is 0 Å². The average Bonchev–Trinajstić information content (AvgIpc) is 2.40. The number of rotatable bonds is 4. The van der Waals surface area contributed by atoms with Crippen molar-refractivity contribution in [3.05, 3.63) is 22.6 Å². The van der Waals surface area contributed by atoms with E-state index >= 15 is 0 Å². The number of hydrogen-bond acceptors (Lipinski definition) is 5. The van der Waals surface area contributed by atoms with E-state index in [1.54, 1.807) is 12.3 Å². The minimum absolute atomic E-state index is 0.0532. The van der Waals surface area contributed by atoms with Crippen molar-refractivity contribution in [1.82, 2.24) is 9.78 Å². The van der Waals surface area contributed by atoms with Gasteiger partial charge in [0, 0.05) is 19.2 Å². The molecule has 5 nitrogen and oxygen atoms in total. The van der Waals surface area contributed by atoms with Crippen LogP contribution >= 0.6 is 12.6 Å². The molecule has 6 heteroatoms. The van der Waals surface area contributed by atoms with Crippen LogP contribution in [0.1, 0.15) is 27.7 Å². The standard InChI is InChI=1S/C15H25N3O2S/c1-14(2,11-21)9-18-13(19)7-12(8-16-18)17-5-6-20-15(3,4)10-17/h7-8,21H,5-6,9-11H2,1-4H3. The van der Waals surface area contributed by atoms with E-state index in [1.807, 2.05) is 0 Å². The number of anilines is 1. The van der Waals surface area contributed by atoms with Crippen LogP contribution in [0.4, 0.5) is 5.69 Å². The van der Waals surface area contributed by atoms with Crippen LogP contribution in [0.5, 0.6) is 0 Å². The molecule has 0 saturated carbocycles. The Kier molecular flexibility index (Phi) is 4.68. The van der Waals surface area contributed by atoms with Crippen molar-refractivity contribution in [2.24, 2.45) is 5.41 Å². The van der Waals surface area contributed by atoms with Gasteiger partial charge in [-0.05, 0) is 25.0 Å². The first-order chi connectivity index (χ1) is 9.72. The summed E-state index contributed by atoms with van der Waals surface area (Å²) >= 11 is 4.32. The molecule has 0 spiro atoms. The third kappa shape index (κ3) is 4.23. The van der Waals surface area contributed by atoms with Crippen LogP contribution in [0.2, 0.25) is 0 Å². The topological polar surface area (TPSA) is 47.4 Å². The second kappa shape index (κ2) is 6.01. The predicted molar refractivity (Wildman–Crippen MR) is 88.4 cm³/mol. The molecule has 1 aromatic heterocycles. The van der Waals surface area contributed by atoms with Gasteiger partial charge in [-0.25, -0.2) is 4.68 Å². The summed E-state index contributed by atoms with van der Waals surface area (Å²) in [5.41, 5.74) is 0.562. The van der Waals surface area contributed by atoms with E-state index in [0.717, 1.165) is 18.8 Å². The highest BCUT2D eigenvalue weighted by Gasteiger charge is 2.28. The van der Waals surface area contributed by atoms with Crippen LogP contribution in [0.25, 0.3) is 0 Å². The predicted octanol–water partition coefficient (Wildman–Crippen LogP) is 1.81. The van der Waals surface area contributed by atoms with Crippen molar-refractivity contribution < 1.29 is 4.74 Å². The second-order valence-corrected chi connectivity index (χ2v) is 7.38. The summed E-state index contributed by atoms with van der Waals surface area (Å²) in [6.45, 7) is 11.1. The summed E-state index contributed by atoms with van der Waals surface area (Å²) in [5.74, 6) is 0.709. The van der Waals surface area contributed by atoms with Crippen molar-refractivity contribution in [3.63, 3.8) is 0 Å². The lowest BCUT2D eigenvalue weighted by atomic mass is 9.97. The molecule has 1 aliphatic heterocycles. The SMILES string of the molecule is CC(C)(CS)Cn1ncc(N2CCOC(C)(C)C2)cc1=O. The molecule has 0 amide bonds. The number of nitrogens with zero attached hydrogens (tertiary/aromatic N) is 3. The van der Waals surface area contributed by atoms with E-state index in [4.69, 9.17) is 4.74 Å². The van der Waals surface area contributed by atoms with Crippen LogP contribution in [-0.4, -0.2) is 40.8 Å². The molecule has 2 rings (SSSR count). The molecule has 118 valence electrons. The second-order valence-electron chi connectivity index (χ2n) is 7.06. The third-order valence-electron chi connectivity index (χ3n) is 3.65. The van der Waals surface area contributed by atoms with E-state index in [1.165, 1.54) is 4.68 Å². The molecule has 0 aliphatic carbocycles. The fourth-order valence-corrected chi connectivity index (χ4v) is 2.51. The van der Waals surface area contributed by atoms with Gasteiger partial charge in [-0.1, -0.05) is 13.8 Å². The molecule has 0 unspecified atom stereocenters. The van der Waals surface area contributed by atoms with Crippen molar-refractivity contribution in [3.8, 4) is 0 Å². The van der Waals surface area contributed by atoms with Crippen molar-refractivity contribution in [2.75, 3.05) is 30.3 Å². The molecule has 1 saturated heterocycles. The van der Waals surface area contributed by atoms with Crippen LogP contribution in [-0.2, 0) is 11.3 Å². The molecule has 0 bridgehead atoms.